The molecule has 0 amide bonds. The van der Waals surface area contributed by atoms with E-state index in [9.17, 15) is 0 Å². The SMILES string of the molecule is CCC.O=O.OO. The fourth-order valence-corrected chi connectivity index (χ4v) is 0. The molecule has 0 aromatic rings. The fourth-order valence-electron chi connectivity index (χ4n) is 0. The summed E-state index contributed by atoms with van der Waals surface area (Å²) < 4.78 is 0. The minimum absolute atomic E-state index is 1.25. The molecule has 0 unspecified atom stereocenters. The molecule has 0 spiro atoms. The van der Waals surface area contributed by atoms with Crippen molar-refractivity contribution in [1.29, 1.82) is 0 Å². The molecule has 0 saturated heterocycles. The van der Waals surface area contributed by atoms with Crippen LogP contribution in [-0.2, 0) is 0 Å². The molecule has 0 heterocycles. The average molecular weight is 110 g/mol. The quantitative estimate of drug-likeness (QED) is 0.366. The van der Waals surface area contributed by atoms with E-state index in [0.717, 1.165) is 0 Å². The maximum Gasteiger partial charge on any atom is 0 e. The van der Waals surface area contributed by atoms with E-state index in [1.807, 2.05) is 0 Å². The summed E-state index contributed by atoms with van der Waals surface area (Å²) in [5, 5.41) is 12.0. The molecule has 4 nitrogen and oxygen atoms in total. The molecule has 2 N–H and O–H groups in total. The van der Waals surface area contributed by atoms with E-state index < -0.39 is 0 Å². The Balaban J connectivity index is -0.0000000360. The molecule has 0 radical (unpaired) electrons. The van der Waals surface area contributed by atoms with Crippen molar-refractivity contribution in [3.63, 3.8) is 0 Å². The summed E-state index contributed by atoms with van der Waals surface area (Å²) in [6.45, 7) is 4.25. The van der Waals surface area contributed by atoms with Gasteiger partial charge in [-0.3, -0.25) is 10.5 Å². The minimum Gasteiger partial charge on any atom is -0.255 e. The molecule has 0 aliphatic carbocycles. The number of hydrogen-bond acceptors (Lipinski definition) is 4. The first-order chi connectivity index (χ1) is 3.41. The van der Waals surface area contributed by atoms with Gasteiger partial charge in [0.15, 0.2) is 0 Å². The van der Waals surface area contributed by atoms with Crippen LogP contribution in [0.2, 0.25) is 0 Å². The monoisotopic (exact) mass is 110 g/mol. The van der Waals surface area contributed by atoms with Gasteiger partial charge in [0.2, 0.25) is 0 Å². The Bertz CT molecular complexity index is 10.9. The van der Waals surface area contributed by atoms with E-state index >= 15 is 0 Å². The normalized spacial score (nSPS) is 4.00. The van der Waals surface area contributed by atoms with Crippen LogP contribution in [0.3, 0.4) is 0 Å². The van der Waals surface area contributed by atoms with Crippen molar-refractivity contribution in [2.45, 2.75) is 20.3 Å². The molecule has 0 fully saturated rings. The molecule has 0 aromatic heterocycles. The van der Waals surface area contributed by atoms with Gasteiger partial charge < -0.3 is 0 Å². The van der Waals surface area contributed by atoms with Gasteiger partial charge in [-0.2, -0.15) is 0 Å². The minimum atomic E-state index is 1.25. The Morgan fingerprint density at radius 1 is 1.14 bits per heavy atom. The highest BCUT2D eigenvalue weighted by atomic mass is 17.0. The fraction of sp³-hybridized carbons (Fsp3) is 1.00. The molecule has 0 aliphatic rings. The van der Waals surface area contributed by atoms with Crippen molar-refractivity contribution in [3.8, 4) is 0 Å². The largest absolute Gasteiger partial charge is 0.255 e. The molecule has 46 valence electrons. The Labute approximate surface area is 41.9 Å². The first-order valence-electron chi connectivity index (χ1n) is 1.78. The third-order valence-corrected chi connectivity index (χ3v) is 0. The second-order valence-corrected chi connectivity index (χ2v) is 0.707. The van der Waals surface area contributed by atoms with E-state index in [4.69, 9.17) is 20.4 Å². The van der Waals surface area contributed by atoms with Gasteiger partial charge in [0.05, 0.1) is 0 Å². The molecule has 0 saturated carbocycles. The van der Waals surface area contributed by atoms with Crippen LogP contribution >= 0.6 is 0 Å². The van der Waals surface area contributed by atoms with Crippen molar-refractivity contribution in [2.24, 2.45) is 0 Å². The van der Waals surface area contributed by atoms with Crippen LogP contribution in [0, 0.1) is 9.93 Å². The van der Waals surface area contributed by atoms with Crippen LogP contribution in [0.5, 0.6) is 0 Å². The summed E-state index contributed by atoms with van der Waals surface area (Å²) in [7, 11) is 0. The molecule has 0 rings (SSSR count). The standard InChI is InChI=1S/C3H8.H2O2.O2/c1-3-2;2*1-2/h3H2,1-2H3;1-2H;. The van der Waals surface area contributed by atoms with Crippen molar-refractivity contribution in [2.75, 3.05) is 0 Å². The summed E-state index contributed by atoms with van der Waals surface area (Å²) in [5.41, 5.74) is 0. The van der Waals surface area contributed by atoms with E-state index in [0.29, 0.717) is 0 Å². The van der Waals surface area contributed by atoms with Gasteiger partial charge in [0.1, 0.15) is 0 Å². The second-order valence-electron chi connectivity index (χ2n) is 0.707. The first kappa shape index (κ1) is 16.0. The van der Waals surface area contributed by atoms with Crippen molar-refractivity contribution < 1.29 is 10.5 Å². The van der Waals surface area contributed by atoms with Gasteiger partial charge in [-0.15, -0.1) is 0 Å². The maximum absolute atomic E-state index is 7.00. The van der Waals surface area contributed by atoms with E-state index in [-0.39, 0.29) is 0 Å². The Hall–Kier alpha value is -0.480. The van der Waals surface area contributed by atoms with Crippen molar-refractivity contribution in [1.82, 2.24) is 0 Å². The summed E-state index contributed by atoms with van der Waals surface area (Å²) in [6.07, 6.45) is 1.25. The van der Waals surface area contributed by atoms with Crippen LogP contribution in [-0.4, -0.2) is 10.5 Å². The van der Waals surface area contributed by atoms with Gasteiger partial charge in [0.25, 0.3) is 0 Å². The van der Waals surface area contributed by atoms with Crippen LogP contribution in [0.25, 0.3) is 0 Å². The zero-order valence-corrected chi connectivity index (χ0v) is 4.42. The Morgan fingerprint density at radius 3 is 1.14 bits per heavy atom. The first-order valence-corrected chi connectivity index (χ1v) is 1.78. The molecule has 0 aliphatic heterocycles. The smallest absolute Gasteiger partial charge is 0 e. The molecular formula is C3H10O4. The van der Waals surface area contributed by atoms with Gasteiger partial charge in [-0.1, -0.05) is 20.3 Å². The highest BCUT2D eigenvalue weighted by Gasteiger charge is 1.35. The van der Waals surface area contributed by atoms with E-state index in [1.165, 1.54) is 6.42 Å². The predicted molar refractivity (Wildman–Crippen MR) is 28.0 cm³/mol. The van der Waals surface area contributed by atoms with Crippen molar-refractivity contribution in [3.05, 3.63) is 9.93 Å². The average Bonchev–Trinajstić information content (AvgIpc) is 1.78. The Kier molecular flexibility index (Phi) is 955. The van der Waals surface area contributed by atoms with Crippen LogP contribution in [0.1, 0.15) is 20.3 Å². The van der Waals surface area contributed by atoms with E-state index in [1.54, 1.807) is 0 Å². The molecule has 0 bridgehead atoms. The lowest BCUT2D eigenvalue weighted by Crippen LogP contribution is -1.29. The van der Waals surface area contributed by atoms with Gasteiger partial charge in [0, 0.05) is 9.93 Å². The number of rotatable bonds is 0. The molecule has 7 heavy (non-hydrogen) atoms. The second kappa shape index (κ2) is 417. The van der Waals surface area contributed by atoms with Crippen molar-refractivity contribution >= 4 is 0 Å². The summed E-state index contributed by atoms with van der Waals surface area (Å²) in [6, 6.07) is 0. The lowest BCUT2D eigenvalue weighted by molar-refractivity contribution is -0.176. The van der Waals surface area contributed by atoms with Crippen LogP contribution in [0.4, 0.5) is 0 Å². The maximum atomic E-state index is 7.00. The predicted octanol–water partition coefficient (Wildman–Crippen LogP) is 1.50. The lowest BCUT2D eigenvalue weighted by atomic mass is 10.6. The van der Waals surface area contributed by atoms with Crippen LogP contribution < -0.4 is 0 Å². The summed E-state index contributed by atoms with van der Waals surface area (Å²) in [5.74, 6) is 0. The lowest BCUT2D eigenvalue weighted by Gasteiger charge is -1.48. The van der Waals surface area contributed by atoms with Crippen LogP contribution in [0.15, 0.2) is 0 Å². The third kappa shape index (κ3) is 297. The zero-order valence-electron chi connectivity index (χ0n) is 4.42. The summed E-state index contributed by atoms with van der Waals surface area (Å²) >= 11 is 0. The number of hydrogen-bond donors (Lipinski definition) is 2. The molecule has 4 heteroatoms. The topological polar surface area (TPSA) is 74.6 Å². The van der Waals surface area contributed by atoms with Gasteiger partial charge >= 0.3 is 0 Å². The highest BCUT2D eigenvalue weighted by Crippen LogP contribution is 1.56. The molecule has 0 atom stereocenters. The summed E-state index contributed by atoms with van der Waals surface area (Å²) in [4.78, 5) is 14.0. The zero-order chi connectivity index (χ0) is 6.71. The van der Waals surface area contributed by atoms with Gasteiger partial charge in [-0.25, -0.2) is 0 Å². The molecule has 0 aromatic carbocycles. The Morgan fingerprint density at radius 2 is 1.14 bits per heavy atom. The molecular weight excluding hydrogens is 100 g/mol. The van der Waals surface area contributed by atoms with E-state index in [2.05, 4.69) is 13.8 Å². The third-order valence-electron chi connectivity index (χ3n) is 0. The highest BCUT2D eigenvalue weighted by molar-refractivity contribution is 4.07. The van der Waals surface area contributed by atoms with Gasteiger partial charge in [-0.05, 0) is 0 Å².